The van der Waals surface area contributed by atoms with Crippen LogP contribution in [0.15, 0.2) is 18.2 Å². The Kier molecular flexibility index (Phi) is 6.90. The zero-order chi connectivity index (χ0) is 17.7. The van der Waals surface area contributed by atoms with Gasteiger partial charge in [0.25, 0.3) is 5.91 Å². The van der Waals surface area contributed by atoms with Crippen LogP contribution in [0.2, 0.25) is 10.0 Å². The number of benzene rings is 1. The van der Waals surface area contributed by atoms with Crippen LogP contribution >= 0.6 is 23.2 Å². The number of halogens is 2. The Morgan fingerprint density at radius 1 is 1.29 bits per heavy atom. The van der Waals surface area contributed by atoms with Crippen molar-refractivity contribution in [2.24, 2.45) is 0 Å². The largest absolute Gasteiger partial charge is 0.332 e. The molecular weight excluding hydrogens is 349 g/mol. The molecule has 0 saturated carbocycles. The number of carbonyl (C=O) groups excluding carboxylic acids is 2. The Morgan fingerprint density at radius 3 is 2.71 bits per heavy atom. The number of amides is 2. The lowest BCUT2D eigenvalue weighted by atomic mass is 10.0. The lowest BCUT2D eigenvalue weighted by molar-refractivity contribution is -0.921. The van der Waals surface area contributed by atoms with Gasteiger partial charge in [-0.1, -0.05) is 23.2 Å². The molecule has 0 radical (unpaired) electrons. The highest BCUT2D eigenvalue weighted by Crippen LogP contribution is 2.24. The molecule has 1 aliphatic rings. The first-order chi connectivity index (χ1) is 11.4. The Bertz CT molecular complexity index is 609. The summed E-state index contributed by atoms with van der Waals surface area (Å²) in [5.41, 5.74) is 0.561. The summed E-state index contributed by atoms with van der Waals surface area (Å²) >= 11 is 11.8. The van der Waals surface area contributed by atoms with Gasteiger partial charge in [0.1, 0.15) is 0 Å². The van der Waals surface area contributed by atoms with Crippen molar-refractivity contribution in [3.05, 3.63) is 28.2 Å². The maximum absolute atomic E-state index is 12.3. The first kappa shape index (κ1) is 19.0. The van der Waals surface area contributed by atoms with E-state index in [1.165, 1.54) is 16.2 Å². The van der Waals surface area contributed by atoms with E-state index in [-0.39, 0.29) is 18.4 Å². The summed E-state index contributed by atoms with van der Waals surface area (Å²) in [6.07, 6.45) is 3.55. The third-order valence-electron chi connectivity index (χ3n) is 4.47. The quantitative estimate of drug-likeness (QED) is 0.828. The molecule has 0 aromatic heterocycles. The van der Waals surface area contributed by atoms with Crippen molar-refractivity contribution >= 4 is 40.7 Å². The van der Waals surface area contributed by atoms with E-state index in [1.54, 1.807) is 25.2 Å². The van der Waals surface area contributed by atoms with Crippen molar-refractivity contribution in [1.82, 2.24) is 4.90 Å². The minimum absolute atomic E-state index is 0.0111. The van der Waals surface area contributed by atoms with Gasteiger partial charge in [0.2, 0.25) is 5.91 Å². The van der Waals surface area contributed by atoms with Gasteiger partial charge in [-0.25, -0.2) is 0 Å². The molecule has 2 amide bonds. The first-order valence-corrected chi connectivity index (χ1v) is 8.96. The van der Waals surface area contributed by atoms with Crippen molar-refractivity contribution < 1.29 is 14.5 Å². The minimum atomic E-state index is -0.258. The highest BCUT2D eigenvalue weighted by molar-refractivity contribution is 6.42. The fraction of sp³-hybridized carbons (Fsp3) is 0.529. The number of likely N-dealkylation sites (tertiary alicyclic amines) is 1. The Hall–Kier alpha value is -1.30. The topological polar surface area (TPSA) is 53.9 Å². The highest BCUT2D eigenvalue weighted by Gasteiger charge is 2.26. The molecule has 1 aromatic rings. The summed E-state index contributed by atoms with van der Waals surface area (Å²) in [5.74, 6) is -0.269. The van der Waals surface area contributed by atoms with Crippen molar-refractivity contribution in [3.63, 3.8) is 0 Å². The van der Waals surface area contributed by atoms with Crippen molar-refractivity contribution in [1.29, 1.82) is 0 Å². The van der Waals surface area contributed by atoms with Crippen LogP contribution in [-0.2, 0) is 9.59 Å². The molecule has 2 atom stereocenters. The second-order valence-electron chi connectivity index (χ2n) is 6.41. The highest BCUT2D eigenvalue weighted by atomic mass is 35.5. The van der Waals surface area contributed by atoms with Crippen LogP contribution in [0.1, 0.15) is 26.2 Å². The van der Waals surface area contributed by atoms with Gasteiger partial charge >= 0.3 is 0 Å². The monoisotopic (exact) mass is 372 g/mol. The molecule has 0 spiro atoms. The van der Waals surface area contributed by atoms with E-state index < -0.39 is 0 Å². The molecule has 5 nitrogen and oxygen atoms in total. The van der Waals surface area contributed by atoms with Crippen LogP contribution in [0.4, 0.5) is 5.69 Å². The number of quaternary nitrogens is 1. The molecule has 1 fully saturated rings. The lowest BCUT2D eigenvalue weighted by Gasteiger charge is -2.30. The Morgan fingerprint density at radius 2 is 2.04 bits per heavy atom. The first-order valence-electron chi connectivity index (χ1n) is 8.20. The number of nitrogens with one attached hydrogen (secondary N) is 2. The fourth-order valence-electron chi connectivity index (χ4n) is 2.92. The van der Waals surface area contributed by atoms with Crippen LogP contribution in [0.5, 0.6) is 0 Å². The summed E-state index contributed by atoms with van der Waals surface area (Å²) < 4.78 is 0. The number of anilines is 1. The molecule has 24 heavy (non-hydrogen) atoms. The van der Waals surface area contributed by atoms with Crippen molar-refractivity contribution in [3.8, 4) is 0 Å². The second-order valence-corrected chi connectivity index (χ2v) is 7.22. The number of carbonyl (C=O) groups is 2. The summed E-state index contributed by atoms with van der Waals surface area (Å²) in [7, 11) is 1.66. The molecule has 2 rings (SSSR count). The van der Waals surface area contributed by atoms with Crippen molar-refractivity contribution in [2.75, 3.05) is 32.0 Å². The van der Waals surface area contributed by atoms with E-state index in [0.717, 1.165) is 19.4 Å². The third-order valence-corrected chi connectivity index (χ3v) is 5.21. The van der Waals surface area contributed by atoms with Crippen LogP contribution in [-0.4, -0.2) is 49.4 Å². The molecule has 1 aromatic carbocycles. The van der Waals surface area contributed by atoms with E-state index in [9.17, 15) is 9.59 Å². The summed E-state index contributed by atoms with van der Waals surface area (Å²) in [4.78, 5) is 27.2. The molecule has 1 unspecified atom stereocenters. The molecule has 1 saturated heterocycles. The van der Waals surface area contributed by atoms with E-state index in [1.807, 2.05) is 0 Å². The lowest BCUT2D eigenvalue weighted by Crippen LogP contribution is -3.17. The van der Waals surface area contributed by atoms with Gasteiger partial charge in [0, 0.05) is 12.7 Å². The molecule has 1 aliphatic heterocycles. The Balaban J connectivity index is 1.83. The van der Waals surface area contributed by atoms with Gasteiger partial charge in [-0.15, -0.1) is 0 Å². The summed E-state index contributed by atoms with van der Waals surface area (Å²) in [6.45, 7) is 3.66. The molecule has 0 bridgehead atoms. The zero-order valence-corrected chi connectivity index (χ0v) is 15.6. The van der Waals surface area contributed by atoms with Crippen LogP contribution in [0, 0.1) is 0 Å². The maximum Gasteiger partial charge on any atom is 0.277 e. The average molecular weight is 373 g/mol. The van der Waals surface area contributed by atoms with E-state index >= 15 is 0 Å². The molecule has 0 aliphatic carbocycles. The predicted octanol–water partition coefficient (Wildman–Crippen LogP) is 1.85. The number of hydrogen-bond donors (Lipinski definition) is 2. The SMILES string of the molecule is C[C@H]1CCCC[NH+]1CC(=O)N(C)CC(=O)Nc1ccc(Cl)c(Cl)c1. The van der Waals surface area contributed by atoms with E-state index in [4.69, 9.17) is 23.2 Å². The van der Waals surface area contributed by atoms with Crippen LogP contribution < -0.4 is 10.2 Å². The number of nitrogens with zero attached hydrogens (tertiary/aromatic N) is 1. The number of hydrogen-bond acceptors (Lipinski definition) is 2. The zero-order valence-electron chi connectivity index (χ0n) is 14.1. The summed E-state index contributed by atoms with van der Waals surface area (Å²) in [6, 6.07) is 5.38. The average Bonchev–Trinajstić information content (AvgIpc) is 2.53. The van der Waals surface area contributed by atoms with E-state index in [0.29, 0.717) is 28.3 Å². The minimum Gasteiger partial charge on any atom is -0.332 e. The fourth-order valence-corrected chi connectivity index (χ4v) is 3.22. The normalized spacial score (nSPS) is 20.5. The molecular formula is C17H24Cl2N3O2+. The maximum atomic E-state index is 12.3. The van der Waals surface area contributed by atoms with Crippen molar-refractivity contribution in [2.45, 2.75) is 32.2 Å². The standard InChI is InChI=1S/C17H23Cl2N3O2/c1-12-5-3-4-8-22(12)11-17(24)21(2)10-16(23)20-13-6-7-14(18)15(19)9-13/h6-7,9,12H,3-5,8,10-11H2,1-2H3,(H,20,23)/p+1/t12-/m0/s1. The molecule has 7 heteroatoms. The second kappa shape index (κ2) is 8.70. The van der Waals surface area contributed by atoms with Gasteiger partial charge in [-0.2, -0.15) is 0 Å². The number of likely N-dealkylation sites (N-methyl/N-ethyl adjacent to an activating group) is 1. The number of rotatable bonds is 5. The molecule has 2 N–H and O–H groups in total. The Labute approximate surface area is 152 Å². The van der Waals surface area contributed by atoms with Gasteiger partial charge in [0.15, 0.2) is 6.54 Å². The van der Waals surface area contributed by atoms with Gasteiger partial charge in [-0.3, -0.25) is 9.59 Å². The molecule has 132 valence electrons. The third kappa shape index (κ3) is 5.36. The van der Waals surface area contributed by atoms with Gasteiger partial charge in [-0.05, 0) is 44.4 Å². The summed E-state index contributed by atoms with van der Waals surface area (Å²) in [5, 5.41) is 3.53. The van der Waals surface area contributed by atoms with Gasteiger partial charge in [0.05, 0.1) is 29.2 Å². The van der Waals surface area contributed by atoms with E-state index in [2.05, 4.69) is 12.2 Å². The molecule has 1 heterocycles. The van der Waals surface area contributed by atoms with Gasteiger partial charge < -0.3 is 15.1 Å². The van der Waals surface area contributed by atoms with Crippen LogP contribution in [0.25, 0.3) is 0 Å². The number of piperidine rings is 1. The smallest absolute Gasteiger partial charge is 0.277 e. The predicted molar refractivity (Wildman–Crippen MR) is 96.7 cm³/mol. The van der Waals surface area contributed by atoms with Crippen LogP contribution in [0.3, 0.4) is 0 Å².